The van der Waals surface area contributed by atoms with E-state index in [2.05, 4.69) is 0 Å². The fourth-order valence-corrected chi connectivity index (χ4v) is 9.21. The zero-order valence-corrected chi connectivity index (χ0v) is 33.7. The average Bonchev–Trinajstić information content (AvgIpc) is 3.21. The first kappa shape index (κ1) is 42.5. The van der Waals surface area contributed by atoms with Gasteiger partial charge in [-0.3, -0.25) is 0 Å². The Labute approximate surface area is 340 Å². The van der Waals surface area contributed by atoms with Crippen molar-refractivity contribution >= 4 is 29.5 Å². The Balaban J connectivity index is 1.07. The van der Waals surface area contributed by atoms with Crippen molar-refractivity contribution in [3.63, 3.8) is 0 Å². The lowest BCUT2D eigenvalue weighted by molar-refractivity contribution is -0.0778. The molecule has 0 saturated carbocycles. The van der Waals surface area contributed by atoms with Gasteiger partial charge in [0.05, 0.1) is 29.4 Å². The summed E-state index contributed by atoms with van der Waals surface area (Å²) < 4.78 is 102. The predicted molar refractivity (Wildman–Crippen MR) is 212 cm³/mol. The van der Waals surface area contributed by atoms with E-state index in [0.29, 0.717) is 0 Å². The van der Waals surface area contributed by atoms with Crippen molar-refractivity contribution in [2.24, 2.45) is 0 Å². The van der Waals surface area contributed by atoms with Gasteiger partial charge >= 0.3 is 0 Å². The molecule has 0 aliphatic rings. The van der Waals surface area contributed by atoms with Crippen LogP contribution in [0.2, 0.25) is 0 Å². The summed E-state index contributed by atoms with van der Waals surface area (Å²) in [4.78, 5) is -0.202. The molecule has 0 radical (unpaired) electrons. The number of rotatable bonds is 16. The van der Waals surface area contributed by atoms with Crippen molar-refractivity contribution in [1.82, 2.24) is 0 Å². The Kier molecular flexibility index (Phi) is 12.5. The highest BCUT2D eigenvalue weighted by molar-refractivity contribution is 7.92. The monoisotopic (exact) mass is 862 g/mol. The fraction of sp³-hybridized carbons (Fsp3) is 0.143. The number of hydrogen-bond donors (Lipinski definition) is 4. The minimum absolute atomic E-state index is 0.00883. The topological polar surface area (TPSA) is 220 Å². The molecule has 0 amide bonds. The molecule has 0 saturated heterocycles. The molecule has 0 fully saturated rings. The van der Waals surface area contributed by atoms with Crippen LogP contribution < -0.4 is 18.9 Å². The number of benzene rings is 6. The van der Waals surface area contributed by atoms with Crippen LogP contribution in [0.5, 0.6) is 34.5 Å². The summed E-state index contributed by atoms with van der Waals surface area (Å²) >= 11 is 0. The van der Waals surface area contributed by atoms with Gasteiger partial charge in [0.2, 0.25) is 29.5 Å². The standard InChI is InChI=1S/C42H38O14S3/c1-27(43)41(53-31-7-19-37(20-8-31)57(47,48)35-15-3-29(45)4-16-35)55-33-11-23-39(24-12-33)59(51,52)40-25-13-34(14-26-40)56-42(28(2)44)54-32-9-21-38(22-10-32)58(49,50)36-17-5-30(46)6-18-36/h3-28,41-46H,1-2H3. The molecule has 0 aliphatic carbocycles. The van der Waals surface area contributed by atoms with Crippen molar-refractivity contribution in [1.29, 1.82) is 0 Å². The van der Waals surface area contributed by atoms with Gasteiger partial charge in [-0.1, -0.05) is 0 Å². The van der Waals surface area contributed by atoms with E-state index in [1.807, 2.05) is 0 Å². The number of ether oxygens (including phenoxy) is 4. The second-order valence-electron chi connectivity index (χ2n) is 13.1. The van der Waals surface area contributed by atoms with Crippen LogP contribution in [0.25, 0.3) is 0 Å². The normalized spacial score (nSPS) is 14.0. The first-order chi connectivity index (χ1) is 27.9. The molecule has 4 N–H and O–H groups in total. The third-order valence-electron chi connectivity index (χ3n) is 8.63. The molecule has 0 aliphatic heterocycles. The van der Waals surface area contributed by atoms with Crippen molar-refractivity contribution in [3.05, 3.63) is 146 Å². The summed E-state index contributed by atoms with van der Waals surface area (Å²) in [6, 6.07) is 31.9. The van der Waals surface area contributed by atoms with Gasteiger partial charge in [-0.05, 0) is 159 Å². The number of phenolic OH excluding ortho intramolecular Hbond substituents is 2. The zero-order chi connectivity index (χ0) is 42.5. The lowest BCUT2D eigenvalue weighted by Crippen LogP contribution is -2.35. The smallest absolute Gasteiger partial charge is 0.266 e. The van der Waals surface area contributed by atoms with E-state index < -0.39 is 54.3 Å². The van der Waals surface area contributed by atoms with E-state index in [0.717, 1.165) is 0 Å². The van der Waals surface area contributed by atoms with E-state index in [1.165, 1.54) is 159 Å². The molecule has 59 heavy (non-hydrogen) atoms. The van der Waals surface area contributed by atoms with Gasteiger partial charge in [-0.25, -0.2) is 25.3 Å². The van der Waals surface area contributed by atoms with Crippen LogP contribution in [0.4, 0.5) is 0 Å². The van der Waals surface area contributed by atoms with Crippen LogP contribution in [0.15, 0.2) is 175 Å². The molecule has 14 nitrogen and oxygen atoms in total. The van der Waals surface area contributed by atoms with Crippen LogP contribution in [-0.2, 0) is 29.5 Å². The molecule has 0 spiro atoms. The minimum atomic E-state index is -4.03. The van der Waals surface area contributed by atoms with E-state index in [4.69, 9.17) is 18.9 Å². The molecule has 4 atom stereocenters. The van der Waals surface area contributed by atoms with Crippen LogP contribution in [0.3, 0.4) is 0 Å². The summed E-state index contributed by atoms with van der Waals surface area (Å²) in [5.74, 6) is 0.569. The molecule has 17 heteroatoms. The molecule has 0 heterocycles. The van der Waals surface area contributed by atoms with Gasteiger partial charge in [-0.2, -0.15) is 0 Å². The molecule has 4 unspecified atom stereocenters. The highest BCUT2D eigenvalue weighted by atomic mass is 32.2. The lowest BCUT2D eigenvalue weighted by Gasteiger charge is -2.23. The van der Waals surface area contributed by atoms with E-state index in [-0.39, 0.29) is 63.9 Å². The Hall–Kier alpha value is -6.11. The molecular weight excluding hydrogens is 825 g/mol. The second-order valence-corrected chi connectivity index (χ2v) is 18.9. The number of aromatic hydroxyl groups is 2. The maximum absolute atomic E-state index is 13.5. The largest absolute Gasteiger partial charge is 0.508 e. The van der Waals surface area contributed by atoms with Crippen LogP contribution in [-0.4, -0.2) is 70.5 Å². The van der Waals surface area contributed by atoms with E-state index >= 15 is 0 Å². The summed E-state index contributed by atoms with van der Waals surface area (Å²) in [7, 11) is -11.8. The average molecular weight is 863 g/mol. The summed E-state index contributed by atoms with van der Waals surface area (Å²) in [6.07, 6.45) is -4.85. The number of aliphatic hydroxyl groups is 2. The third kappa shape index (κ3) is 9.96. The van der Waals surface area contributed by atoms with Crippen LogP contribution >= 0.6 is 0 Å². The minimum Gasteiger partial charge on any atom is -0.508 e. The number of hydrogen-bond acceptors (Lipinski definition) is 14. The Morgan fingerprint density at radius 1 is 0.339 bits per heavy atom. The molecule has 6 aromatic rings. The fourth-order valence-electron chi connectivity index (χ4n) is 5.43. The molecule has 308 valence electrons. The first-order valence-electron chi connectivity index (χ1n) is 17.7. The number of aliphatic hydroxyl groups excluding tert-OH is 2. The summed E-state index contributed by atoms with van der Waals surface area (Å²) in [6.45, 7) is 2.84. The Morgan fingerprint density at radius 3 is 0.678 bits per heavy atom. The van der Waals surface area contributed by atoms with Gasteiger partial charge in [0, 0.05) is 0 Å². The van der Waals surface area contributed by atoms with Crippen molar-refractivity contribution in [3.8, 4) is 34.5 Å². The van der Waals surface area contributed by atoms with Crippen LogP contribution in [0.1, 0.15) is 13.8 Å². The zero-order valence-electron chi connectivity index (χ0n) is 31.3. The maximum atomic E-state index is 13.5. The quantitative estimate of drug-likeness (QED) is 0.0830. The Bertz CT molecular complexity index is 2500. The first-order valence-corrected chi connectivity index (χ1v) is 22.1. The maximum Gasteiger partial charge on any atom is 0.266 e. The van der Waals surface area contributed by atoms with Crippen molar-refractivity contribution in [2.45, 2.75) is 68.0 Å². The van der Waals surface area contributed by atoms with Crippen LogP contribution in [0, 0.1) is 0 Å². The highest BCUT2D eigenvalue weighted by Crippen LogP contribution is 2.30. The van der Waals surface area contributed by atoms with Gasteiger partial charge in [0.25, 0.3) is 12.6 Å². The van der Waals surface area contributed by atoms with Crippen molar-refractivity contribution in [2.75, 3.05) is 0 Å². The molecule has 6 aromatic carbocycles. The molecule has 6 rings (SSSR count). The Morgan fingerprint density at radius 2 is 0.508 bits per heavy atom. The van der Waals surface area contributed by atoms with Gasteiger partial charge in [0.1, 0.15) is 46.7 Å². The van der Waals surface area contributed by atoms with E-state index in [9.17, 15) is 45.7 Å². The van der Waals surface area contributed by atoms with Crippen molar-refractivity contribution < 1.29 is 64.6 Å². The highest BCUT2D eigenvalue weighted by Gasteiger charge is 2.25. The van der Waals surface area contributed by atoms with Gasteiger partial charge in [0.15, 0.2) is 0 Å². The van der Waals surface area contributed by atoms with E-state index in [1.54, 1.807) is 0 Å². The molecular formula is C42H38O14S3. The summed E-state index contributed by atoms with van der Waals surface area (Å²) in [5, 5.41) is 39.7. The lowest BCUT2D eigenvalue weighted by atomic mass is 10.3. The van der Waals surface area contributed by atoms with Gasteiger partial charge in [-0.15, -0.1) is 0 Å². The molecule has 0 bridgehead atoms. The summed E-state index contributed by atoms with van der Waals surface area (Å²) in [5.41, 5.74) is 0. The predicted octanol–water partition coefficient (Wildman–Crippen LogP) is 5.93. The SMILES string of the molecule is CC(O)C(Oc1ccc(S(=O)(=O)c2ccc(O)cc2)cc1)Oc1ccc(S(=O)(=O)c2ccc(OC(Oc3ccc(S(=O)(=O)c4ccc(O)cc4)cc3)C(C)O)cc2)cc1. The number of phenols is 2. The third-order valence-corrected chi connectivity index (χ3v) is 14.0. The second kappa shape index (κ2) is 17.4. The molecule has 0 aromatic heterocycles. The number of sulfone groups is 3. The van der Waals surface area contributed by atoms with Gasteiger partial charge < -0.3 is 39.4 Å².